The number of aromatic amines is 1. The second kappa shape index (κ2) is 31.5. The fourth-order valence-corrected chi connectivity index (χ4v) is 12.7. The van der Waals surface area contributed by atoms with Crippen molar-refractivity contribution in [3.8, 4) is 45.5 Å². The Hall–Kier alpha value is -13.6. The van der Waals surface area contributed by atoms with Crippen LogP contribution in [-0.4, -0.2) is 163 Å². The Kier molecular flexibility index (Phi) is 20.6. The summed E-state index contributed by atoms with van der Waals surface area (Å²) in [5.74, 6) is 6.83. The number of carbonyl (C=O) groups is 4. The molecule has 12 aromatic heterocycles. The average molecular weight is 1510 g/mol. The molecule has 0 spiro atoms. The lowest BCUT2D eigenvalue weighted by molar-refractivity contribution is -0.117. The van der Waals surface area contributed by atoms with E-state index in [-0.39, 0.29) is 36.5 Å². The number of hydrogen-bond acceptors (Lipinski definition) is 25. The molecule has 1 aliphatic carbocycles. The molecule has 18 rings (SSSR count). The summed E-state index contributed by atoms with van der Waals surface area (Å²) < 4.78 is 36.5. The third-order valence-corrected chi connectivity index (χ3v) is 18.5. The normalized spacial score (nSPS) is 13.3. The SMILES string of the molecule is CCC(=O)Nc1cnn2c(NC)cc(-c3c[nH]c4ncccc34)nc12.CCC(=O)Nc1cnn2c(NC)cc(-c3cn(C4COC4)c4ncccc34)nc12.CCC(=O)Nc1cnn2c(NC)cc(Nc3cccc4c3OCO4)nc12.CNc1cc(Nc2cc(Cl)cc3c2OCCO3)nc2c(NC(=O)CC3CC3)cnn12. The van der Waals surface area contributed by atoms with E-state index in [1.54, 1.807) is 95.3 Å². The lowest BCUT2D eigenvalue weighted by atomic mass is 10.1. The molecule has 110 heavy (non-hydrogen) atoms. The van der Waals surface area contributed by atoms with Crippen molar-refractivity contribution >= 4 is 149 Å². The van der Waals surface area contributed by atoms with Gasteiger partial charge in [-0.3, -0.25) is 19.2 Å². The molecule has 1 saturated carbocycles. The summed E-state index contributed by atoms with van der Waals surface area (Å²) in [5, 5.41) is 50.3. The predicted octanol–water partition coefficient (Wildman–Crippen LogP) is 11.6. The Morgan fingerprint density at radius 3 is 1.56 bits per heavy atom. The minimum absolute atomic E-state index is 0.0203. The highest BCUT2D eigenvalue weighted by Gasteiger charge is 2.29. The summed E-state index contributed by atoms with van der Waals surface area (Å²) in [6.07, 6.45) is 17.9. The van der Waals surface area contributed by atoms with Crippen molar-refractivity contribution in [2.45, 2.75) is 65.3 Å². The molecule has 1 saturated heterocycles. The van der Waals surface area contributed by atoms with Crippen molar-refractivity contribution in [1.82, 2.24) is 77.9 Å². The van der Waals surface area contributed by atoms with Gasteiger partial charge in [-0.1, -0.05) is 38.4 Å². The third kappa shape index (κ3) is 14.9. The van der Waals surface area contributed by atoms with E-state index in [9.17, 15) is 19.2 Å². The summed E-state index contributed by atoms with van der Waals surface area (Å²) in [5.41, 5.74) is 11.1. The molecule has 2 fully saturated rings. The topological polar surface area (TPSA) is 402 Å². The number of hydrogen-bond donors (Lipinski definition) is 11. The Balaban J connectivity index is 0.000000117. The lowest BCUT2D eigenvalue weighted by Crippen LogP contribution is -2.30. The molecule has 35 nitrogen and oxygen atoms in total. The third-order valence-electron chi connectivity index (χ3n) is 18.3. The lowest BCUT2D eigenvalue weighted by Gasteiger charge is -2.27. The highest BCUT2D eigenvalue weighted by atomic mass is 35.5. The summed E-state index contributed by atoms with van der Waals surface area (Å²) in [6, 6.07) is 24.7. The van der Waals surface area contributed by atoms with Gasteiger partial charge in [0.25, 0.3) is 0 Å². The van der Waals surface area contributed by atoms with Gasteiger partial charge in [0.2, 0.25) is 30.4 Å². The molecule has 0 atom stereocenters. The molecule has 4 aliphatic rings. The number of para-hydroxylation sites is 1. The van der Waals surface area contributed by atoms with Gasteiger partial charge in [-0.2, -0.15) is 38.5 Å². The molecule has 0 radical (unpaired) electrons. The zero-order valence-electron chi connectivity index (χ0n) is 60.8. The number of nitrogens with zero attached hydrogens (tertiary/aromatic N) is 15. The van der Waals surface area contributed by atoms with E-state index >= 15 is 0 Å². The maximum atomic E-state index is 12.3. The van der Waals surface area contributed by atoms with Crippen LogP contribution < -0.4 is 72.1 Å². The Labute approximate surface area is 631 Å². The zero-order chi connectivity index (χ0) is 76.1. The molecule has 14 aromatic rings. The van der Waals surface area contributed by atoms with Crippen LogP contribution in [0.3, 0.4) is 0 Å². The Morgan fingerprint density at radius 2 is 1.02 bits per heavy atom. The first-order valence-corrected chi connectivity index (χ1v) is 36.0. The van der Waals surface area contributed by atoms with Crippen molar-refractivity contribution in [2.75, 3.05) is 115 Å². The van der Waals surface area contributed by atoms with E-state index in [1.807, 2.05) is 87.9 Å². The molecular weight excluding hydrogens is 1430 g/mol. The average Bonchev–Trinajstić information content (AvgIpc) is 1.63. The van der Waals surface area contributed by atoms with Crippen LogP contribution in [-0.2, 0) is 23.9 Å². The largest absolute Gasteiger partial charge is 0.486 e. The van der Waals surface area contributed by atoms with Crippen molar-refractivity contribution < 1.29 is 42.9 Å². The number of rotatable bonds is 20. The minimum Gasteiger partial charge on any atom is -0.486 e. The first kappa shape index (κ1) is 72.0. The van der Waals surface area contributed by atoms with Crippen molar-refractivity contribution in [1.29, 1.82) is 0 Å². The maximum Gasteiger partial charge on any atom is 0.231 e. The van der Waals surface area contributed by atoms with Gasteiger partial charge in [-0.05, 0) is 61.2 Å². The van der Waals surface area contributed by atoms with E-state index in [0.717, 1.165) is 80.6 Å². The van der Waals surface area contributed by atoms with Gasteiger partial charge in [0.05, 0.1) is 66.8 Å². The number of amides is 4. The van der Waals surface area contributed by atoms with Gasteiger partial charge in [0.1, 0.15) is 82.2 Å². The first-order valence-electron chi connectivity index (χ1n) is 35.6. The van der Waals surface area contributed by atoms with Crippen LogP contribution in [0.5, 0.6) is 23.0 Å². The second-order valence-corrected chi connectivity index (χ2v) is 26.0. The van der Waals surface area contributed by atoms with Crippen LogP contribution in [0.1, 0.15) is 65.3 Å². The van der Waals surface area contributed by atoms with E-state index in [4.69, 9.17) is 45.3 Å². The highest BCUT2D eigenvalue weighted by molar-refractivity contribution is 6.31. The van der Waals surface area contributed by atoms with Gasteiger partial charge in [0.15, 0.2) is 45.6 Å². The molecule has 0 bridgehead atoms. The van der Waals surface area contributed by atoms with Crippen LogP contribution in [0.2, 0.25) is 5.02 Å². The number of anilines is 12. The number of benzene rings is 2. The van der Waals surface area contributed by atoms with E-state index in [0.29, 0.717) is 155 Å². The van der Waals surface area contributed by atoms with Gasteiger partial charge < -0.3 is 86.4 Å². The summed E-state index contributed by atoms with van der Waals surface area (Å²) in [6.45, 7) is 7.89. The summed E-state index contributed by atoms with van der Waals surface area (Å²) >= 11 is 6.24. The van der Waals surface area contributed by atoms with Crippen molar-refractivity contribution in [3.05, 3.63) is 133 Å². The summed E-state index contributed by atoms with van der Waals surface area (Å²) in [4.78, 5) is 78.6. The maximum absolute atomic E-state index is 12.3. The smallest absolute Gasteiger partial charge is 0.231 e. The second-order valence-electron chi connectivity index (χ2n) is 25.6. The number of carbonyl (C=O) groups excluding carboxylic acids is 4. The van der Waals surface area contributed by atoms with Crippen molar-refractivity contribution in [2.24, 2.45) is 5.92 Å². The number of halogens is 1. The predicted molar refractivity (Wildman–Crippen MR) is 418 cm³/mol. The van der Waals surface area contributed by atoms with Crippen LogP contribution in [0.15, 0.2) is 128 Å². The van der Waals surface area contributed by atoms with Gasteiger partial charge in [-0.15, -0.1) is 0 Å². The van der Waals surface area contributed by atoms with Crippen LogP contribution >= 0.6 is 11.6 Å². The first-order chi connectivity index (χ1) is 53.7. The molecule has 15 heterocycles. The van der Waals surface area contributed by atoms with Crippen LogP contribution in [0, 0.1) is 5.92 Å². The number of pyridine rings is 2. The quantitative estimate of drug-likeness (QED) is 0.0338. The molecular formula is C74H77ClN26O9. The molecule has 11 N–H and O–H groups in total. The van der Waals surface area contributed by atoms with E-state index < -0.39 is 0 Å². The Bertz CT molecular complexity index is 5820. The molecule has 2 aromatic carbocycles. The fraction of sp³-hybridized carbons (Fsp3) is 0.270. The standard InChI is InChI=1S/C20H21ClN6O3.C20H21N7O2.C17H17N7O.C17H18N6O3/c1-22-17-9-16(24-13-7-12(21)8-15-19(13)30-5-4-29-15)26-20-14(10-23-27(17)20)25-18(28)6-11-2-3-11;1-3-18(28)24-16-8-23-27-17(21-2)7-15(25-20(16)27)14-9-26(12-10-29-11-12)19-13(14)5-4-6-22-19;1-3-15(25)22-13-9-21-24-14(18-2)7-12(23-17(13)24)11-8-20-16-10(11)5-4-6-19-16;1-3-15(24)21-11-8-19-23-14(18-2)7-13(22-17(11)23)20-10-5-4-6-12-16(10)26-9-25-12/h7-11,22H,2-6H2,1H3,(H,24,26)(H,25,28);4-9,12,21H,3,10-11H2,1-2H3,(H,24,28);4-9,18H,3H2,1-2H3,(H,19,20)(H,22,25);4-8,18H,3,9H2,1-2H3,(H,20,22)(H,21,24). The van der Waals surface area contributed by atoms with E-state index in [2.05, 4.69) is 115 Å². The van der Waals surface area contributed by atoms with Crippen molar-refractivity contribution in [3.63, 3.8) is 0 Å². The van der Waals surface area contributed by atoms with Gasteiger partial charge >= 0.3 is 0 Å². The van der Waals surface area contributed by atoms with Gasteiger partial charge in [-0.25, -0.2) is 29.9 Å². The highest BCUT2D eigenvalue weighted by Crippen LogP contribution is 2.44. The van der Waals surface area contributed by atoms with E-state index in [1.165, 1.54) is 0 Å². The fourth-order valence-electron chi connectivity index (χ4n) is 12.5. The molecule has 0 unspecified atom stereocenters. The number of H-pyrrole nitrogens is 1. The monoisotopic (exact) mass is 1510 g/mol. The molecule has 36 heteroatoms. The van der Waals surface area contributed by atoms with Crippen LogP contribution in [0.4, 0.5) is 69.0 Å². The number of aromatic nitrogens is 16. The summed E-state index contributed by atoms with van der Waals surface area (Å²) in [7, 11) is 7.24. The molecule has 564 valence electrons. The zero-order valence-corrected chi connectivity index (χ0v) is 61.6. The van der Waals surface area contributed by atoms with Gasteiger partial charge in [0, 0.05) is 136 Å². The Morgan fingerprint density at radius 1 is 0.509 bits per heavy atom. The number of nitrogens with one attached hydrogen (secondary N) is 11. The minimum atomic E-state index is -0.0995. The molecule has 3 aliphatic heterocycles. The molecule has 4 amide bonds. The number of fused-ring (bicyclic) bond motifs is 8. The van der Waals surface area contributed by atoms with Crippen LogP contribution in [0.25, 0.3) is 67.2 Å². The number of ether oxygens (including phenoxy) is 5.